The van der Waals surface area contributed by atoms with E-state index >= 15 is 0 Å². The molecule has 0 saturated carbocycles. The van der Waals surface area contributed by atoms with Gasteiger partial charge in [-0.15, -0.1) is 0 Å². The number of aliphatic hydroxyl groups excluding tert-OH is 1. The molecule has 1 fully saturated rings. The van der Waals surface area contributed by atoms with E-state index in [0.29, 0.717) is 30.8 Å². The van der Waals surface area contributed by atoms with Crippen molar-refractivity contribution < 1.29 is 14.3 Å². The Morgan fingerprint density at radius 2 is 1.90 bits per heavy atom. The van der Waals surface area contributed by atoms with Crippen molar-refractivity contribution >= 4 is 5.91 Å². The number of nitrogens with zero attached hydrogens (tertiary/aromatic N) is 2. The molecule has 0 radical (unpaired) electrons. The van der Waals surface area contributed by atoms with Gasteiger partial charge in [-0.2, -0.15) is 0 Å². The van der Waals surface area contributed by atoms with Crippen LogP contribution in [0.3, 0.4) is 0 Å². The summed E-state index contributed by atoms with van der Waals surface area (Å²) >= 11 is 0. The van der Waals surface area contributed by atoms with Gasteiger partial charge in [-0.3, -0.25) is 4.79 Å². The third-order valence-electron chi connectivity index (χ3n) is 6.24. The maximum atomic E-state index is 13.3. The number of hydrogen-bond acceptors (Lipinski definition) is 5. The van der Waals surface area contributed by atoms with Crippen LogP contribution in [-0.4, -0.2) is 60.6 Å². The first-order valence-corrected chi connectivity index (χ1v) is 11.1. The van der Waals surface area contributed by atoms with E-state index in [-0.39, 0.29) is 30.0 Å². The zero-order chi connectivity index (χ0) is 22.4. The Bertz CT molecular complexity index is 923. The summed E-state index contributed by atoms with van der Waals surface area (Å²) in [6.07, 6.45) is 4.20. The second kappa shape index (κ2) is 10.7. The van der Waals surface area contributed by atoms with Crippen LogP contribution in [-0.2, 0) is 12.8 Å². The first-order chi connectivity index (χ1) is 14.9. The normalized spacial score (nSPS) is 19.5. The summed E-state index contributed by atoms with van der Waals surface area (Å²) in [5.41, 5.74) is 1.46. The number of carbonyl (C=O) groups is 1. The SMILES string of the molecule is Cc1cc(CCCc2ccccc2)oc(=O)c1C(=O)N1C[C@@H](CO)CC[C@@H](N(C)C)C1. The summed E-state index contributed by atoms with van der Waals surface area (Å²) in [5, 5.41) is 9.69. The zero-order valence-electron chi connectivity index (χ0n) is 18.8. The van der Waals surface area contributed by atoms with Crippen molar-refractivity contribution in [1.82, 2.24) is 9.80 Å². The molecule has 0 aliphatic carbocycles. The van der Waals surface area contributed by atoms with Gasteiger partial charge in [0.05, 0.1) is 0 Å². The fraction of sp³-hybridized carbons (Fsp3) is 0.520. The van der Waals surface area contributed by atoms with E-state index in [1.165, 1.54) is 5.56 Å². The lowest BCUT2D eigenvalue weighted by molar-refractivity contribution is 0.0683. The van der Waals surface area contributed by atoms with Crippen molar-refractivity contribution in [3.05, 3.63) is 69.3 Å². The average Bonchev–Trinajstić information content (AvgIpc) is 2.97. The minimum Gasteiger partial charge on any atom is -0.427 e. The third-order valence-corrected chi connectivity index (χ3v) is 6.24. The monoisotopic (exact) mass is 426 g/mol. The van der Waals surface area contributed by atoms with Gasteiger partial charge in [-0.1, -0.05) is 30.3 Å². The number of aliphatic hydroxyl groups is 1. The Morgan fingerprint density at radius 1 is 1.16 bits per heavy atom. The number of likely N-dealkylation sites (tertiary alicyclic amines) is 1. The predicted octanol–water partition coefficient (Wildman–Crippen LogP) is 2.90. The van der Waals surface area contributed by atoms with E-state index < -0.39 is 5.63 Å². The molecule has 168 valence electrons. The van der Waals surface area contributed by atoms with E-state index in [0.717, 1.165) is 25.7 Å². The molecule has 1 aromatic heterocycles. The first-order valence-electron chi connectivity index (χ1n) is 11.1. The number of benzene rings is 1. The first kappa shape index (κ1) is 23.2. The number of carbonyl (C=O) groups excluding carboxylic acids is 1. The Labute approximate surface area is 184 Å². The van der Waals surface area contributed by atoms with Crippen LogP contribution in [0.2, 0.25) is 0 Å². The van der Waals surface area contributed by atoms with E-state index in [4.69, 9.17) is 4.42 Å². The summed E-state index contributed by atoms with van der Waals surface area (Å²) in [4.78, 5) is 29.9. The van der Waals surface area contributed by atoms with Gasteiger partial charge in [0, 0.05) is 32.2 Å². The highest BCUT2D eigenvalue weighted by Crippen LogP contribution is 2.21. The second-order valence-corrected chi connectivity index (χ2v) is 8.85. The van der Waals surface area contributed by atoms with Gasteiger partial charge in [0.25, 0.3) is 5.91 Å². The standard InChI is InChI=1S/C25H34N2O4/c1-18-14-22(11-7-10-19-8-5-4-6-9-19)31-25(30)23(18)24(29)27-15-20(17-28)12-13-21(16-27)26(2)3/h4-6,8-9,14,20-21,28H,7,10-13,15-17H2,1-3H3/t20-,21+/m0/s1. The highest BCUT2D eigenvalue weighted by atomic mass is 16.4. The Balaban J connectivity index is 1.73. The van der Waals surface area contributed by atoms with Crippen molar-refractivity contribution in [2.24, 2.45) is 5.92 Å². The summed E-state index contributed by atoms with van der Waals surface area (Å²) in [5.74, 6) is 0.345. The number of rotatable bonds is 7. The molecule has 1 amide bonds. The Morgan fingerprint density at radius 3 is 2.55 bits per heavy atom. The van der Waals surface area contributed by atoms with E-state index in [2.05, 4.69) is 17.0 Å². The van der Waals surface area contributed by atoms with Crippen LogP contribution in [0.25, 0.3) is 0 Å². The van der Waals surface area contributed by atoms with Gasteiger partial charge in [0.1, 0.15) is 11.3 Å². The number of hydrogen-bond donors (Lipinski definition) is 1. The molecule has 1 N–H and O–H groups in total. The zero-order valence-corrected chi connectivity index (χ0v) is 18.8. The predicted molar refractivity (Wildman–Crippen MR) is 121 cm³/mol. The quantitative estimate of drug-likeness (QED) is 0.737. The molecule has 0 bridgehead atoms. The van der Waals surface area contributed by atoms with Gasteiger partial charge >= 0.3 is 5.63 Å². The average molecular weight is 427 g/mol. The van der Waals surface area contributed by atoms with Crippen molar-refractivity contribution in [1.29, 1.82) is 0 Å². The van der Waals surface area contributed by atoms with Crippen LogP contribution in [0.15, 0.2) is 45.6 Å². The largest absolute Gasteiger partial charge is 0.427 e. The lowest BCUT2D eigenvalue weighted by Crippen LogP contribution is -2.44. The van der Waals surface area contributed by atoms with E-state index in [9.17, 15) is 14.7 Å². The molecule has 0 unspecified atom stereocenters. The summed E-state index contributed by atoms with van der Waals surface area (Å²) in [7, 11) is 3.99. The van der Waals surface area contributed by atoms with Gasteiger partial charge in [0.2, 0.25) is 0 Å². The van der Waals surface area contributed by atoms with E-state index in [1.54, 1.807) is 11.8 Å². The van der Waals surface area contributed by atoms with Crippen LogP contribution in [0.1, 0.15) is 46.5 Å². The van der Waals surface area contributed by atoms with Gasteiger partial charge < -0.3 is 19.3 Å². The minimum absolute atomic E-state index is 0.0264. The van der Waals surface area contributed by atoms with Gasteiger partial charge in [-0.25, -0.2) is 4.79 Å². The van der Waals surface area contributed by atoms with Crippen LogP contribution in [0.4, 0.5) is 0 Å². The van der Waals surface area contributed by atoms with Crippen LogP contribution < -0.4 is 5.63 Å². The third kappa shape index (κ3) is 6.05. The molecule has 1 aromatic carbocycles. The molecule has 3 rings (SSSR count). The molecule has 2 heterocycles. The van der Waals surface area contributed by atoms with Crippen molar-refractivity contribution in [3.63, 3.8) is 0 Å². The number of amides is 1. The molecule has 6 nitrogen and oxygen atoms in total. The van der Waals surface area contributed by atoms with Gasteiger partial charge in [-0.05, 0) is 69.8 Å². The molecular formula is C25H34N2O4. The Kier molecular flexibility index (Phi) is 8.04. The lowest BCUT2D eigenvalue weighted by atomic mass is 10.0. The lowest BCUT2D eigenvalue weighted by Gasteiger charge is -2.29. The smallest absolute Gasteiger partial charge is 0.349 e. The molecule has 2 aromatic rings. The molecule has 2 atom stereocenters. The molecule has 6 heteroatoms. The summed E-state index contributed by atoms with van der Waals surface area (Å²) < 4.78 is 5.53. The molecule has 31 heavy (non-hydrogen) atoms. The maximum Gasteiger partial charge on any atom is 0.349 e. The number of likely N-dealkylation sites (N-methyl/N-ethyl adjacent to an activating group) is 1. The fourth-order valence-corrected chi connectivity index (χ4v) is 4.31. The summed E-state index contributed by atoms with van der Waals surface area (Å²) in [6, 6.07) is 12.2. The molecule has 1 aliphatic rings. The molecule has 1 aliphatic heterocycles. The Hall–Kier alpha value is -2.44. The molecular weight excluding hydrogens is 392 g/mol. The van der Waals surface area contributed by atoms with Crippen LogP contribution >= 0.6 is 0 Å². The van der Waals surface area contributed by atoms with Crippen LogP contribution in [0, 0.1) is 12.8 Å². The van der Waals surface area contributed by atoms with Gasteiger partial charge in [0.15, 0.2) is 0 Å². The fourth-order valence-electron chi connectivity index (χ4n) is 4.31. The van der Waals surface area contributed by atoms with E-state index in [1.807, 2.05) is 38.4 Å². The minimum atomic E-state index is -0.564. The topological polar surface area (TPSA) is 74.0 Å². The van der Waals surface area contributed by atoms with Crippen molar-refractivity contribution in [3.8, 4) is 0 Å². The van der Waals surface area contributed by atoms with Crippen molar-refractivity contribution in [2.75, 3.05) is 33.8 Å². The second-order valence-electron chi connectivity index (χ2n) is 8.85. The highest BCUT2D eigenvalue weighted by molar-refractivity contribution is 5.95. The van der Waals surface area contributed by atoms with Crippen molar-refractivity contribution in [2.45, 2.75) is 45.1 Å². The van der Waals surface area contributed by atoms with Crippen LogP contribution in [0.5, 0.6) is 0 Å². The number of aryl methyl sites for hydroxylation is 3. The molecule has 1 saturated heterocycles. The molecule has 0 spiro atoms. The summed E-state index contributed by atoms with van der Waals surface area (Å²) in [6.45, 7) is 2.84. The maximum absolute atomic E-state index is 13.3. The highest BCUT2D eigenvalue weighted by Gasteiger charge is 2.30.